The fourth-order valence-electron chi connectivity index (χ4n) is 1.70. The Kier molecular flexibility index (Phi) is 3.72. The number of aromatic carboxylic acids is 1. The van der Waals surface area contributed by atoms with E-state index in [1.165, 1.54) is 17.3 Å². The van der Waals surface area contributed by atoms with Gasteiger partial charge >= 0.3 is 5.97 Å². The normalized spacial score (nSPS) is 10.6. The number of carboxylic acids is 1. The Morgan fingerprint density at radius 3 is 2.61 bits per heavy atom. The third kappa shape index (κ3) is 2.73. The second-order valence-electron chi connectivity index (χ2n) is 4.04. The van der Waals surface area contributed by atoms with E-state index in [4.69, 9.17) is 5.11 Å². The van der Waals surface area contributed by atoms with Gasteiger partial charge < -0.3 is 10.1 Å². The molecule has 0 fully saturated rings. The average Bonchev–Trinajstić information content (AvgIpc) is 2.75. The quantitative estimate of drug-likeness (QED) is 0.831. The molecule has 1 aromatic heterocycles. The molecule has 1 heterocycles. The highest BCUT2D eigenvalue weighted by atomic mass is 32.2. The predicted molar refractivity (Wildman–Crippen MR) is 71.3 cm³/mol. The summed E-state index contributed by atoms with van der Waals surface area (Å²) in [6, 6.07) is 8.03. The number of benzene rings is 1. The monoisotopic (exact) mass is 262 g/mol. The van der Waals surface area contributed by atoms with E-state index in [-0.39, 0.29) is 5.69 Å². The number of aromatic amines is 1. The zero-order valence-electron chi connectivity index (χ0n) is 10.2. The van der Waals surface area contributed by atoms with Gasteiger partial charge in [0, 0.05) is 6.42 Å². The van der Waals surface area contributed by atoms with Crippen molar-refractivity contribution in [2.24, 2.45) is 0 Å². The van der Waals surface area contributed by atoms with Crippen molar-refractivity contribution in [1.29, 1.82) is 0 Å². The predicted octanol–water partition coefficient (Wildman–Crippen LogP) is 2.73. The summed E-state index contributed by atoms with van der Waals surface area (Å²) in [5, 5.41) is 9.74. The highest BCUT2D eigenvalue weighted by Crippen LogP contribution is 2.18. The van der Waals surface area contributed by atoms with Crippen LogP contribution in [0.25, 0.3) is 0 Å². The molecule has 0 radical (unpaired) electrons. The molecule has 0 amide bonds. The molecule has 5 heteroatoms. The van der Waals surface area contributed by atoms with Crippen LogP contribution in [0.4, 0.5) is 0 Å². The topological polar surface area (TPSA) is 66.0 Å². The molecule has 0 bridgehead atoms. The number of nitrogens with zero attached hydrogens (tertiary/aromatic N) is 1. The number of carbonyl (C=O) groups is 1. The molecule has 0 aliphatic heterocycles. The van der Waals surface area contributed by atoms with Crippen molar-refractivity contribution in [3.05, 3.63) is 46.8 Å². The molecule has 2 aromatic rings. The van der Waals surface area contributed by atoms with Gasteiger partial charge in [0.1, 0.15) is 0 Å². The first-order chi connectivity index (χ1) is 8.60. The van der Waals surface area contributed by atoms with Crippen molar-refractivity contribution in [2.75, 3.05) is 6.26 Å². The maximum absolute atomic E-state index is 11.1. The Labute approximate surface area is 109 Å². The van der Waals surface area contributed by atoms with E-state index in [2.05, 4.69) is 9.97 Å². The van der Waals surface area contributed by atoms with E-state index in [9.17, 15) is 4.79 Å². The van der Waals surface area contributed by atoms with Crippen LogP contribution in [-0.4, -0.2) is 27.3 Å². The lowest BCUT2D eigenvalue weighted by molar-refractivity contribution is 0.0689. The SMILES string of the molecule is CSc1nc(C(=O)O)c(Cc2ccc(C)cc2)[nH]1. The molecular weight excluding hydrogens is 248 g/mol. The summed E-state index contributed by atoms with van der Waals surface area (Å²) in [7, 11) is 0. The molecule has 0 unspecified atom stereocenters. The highest BCUT2D eigenvalue weighted by molar-refractivity contribution is 7.98. The molecule has 0 aliphatic carbocycles. The van der Waals surface area contributed by atoms with E-state index < -0.39 is 5.97 Å². The average molecular weight is 262 g/mol. The summed E-state index contributed by atoms with van der Waals surface area (Å²) in [6.07, 6.45) is 2.41. The zero-order valence-corrected chi connectivity index (χ0v) is 11.0. The minimum Gasteiger partial charge on any atom is -0.476 e. The largest absolute Gasteiger partial charge is 0.476 e. The van der Waals surface area contributed by atoms with Gasteiger partial charge in [-0.2, -0.15) is 0 Å². The summed E-state index contributed by atoms with van der Waals surface area (Å²) in [4.78, 5) is 18.2. The van der Waals surface area contributed by atoms with Crippen LogP contribution in [0.2, 0.25) is 0 Å². The first-order valence-corrected chi connectivity index (χ1v) is 6.74. The van der Waals surface area contributed by atoms with Crippen LogP contribution in [0.3, 0.4) is 0 Å². The van der Waals surface area contributed by atoms with E-state index in [1.54, 1.807) is 0 Å². The maximum atomic E-state index is 11.1. The van der Waals surface area contributed by atoms with Gasteiger partial charge in [-0.05, 0) is 18.7 Å². The molecule has 94 valence electrons. The van der Waals surface area contributed by atoms with Crippen LogP contribution in [0.1, 0.15) is 27.3 Å². The standard InChI is InChI=1S/C13H14N2O2S/c1-8-3-5-9(6-4-8)7-10-11(12(16)17)15-13(14-10)18-2/h3-6H,7H2,1-2H3,(H,14,15)(H,16,17). The Balaban J connectivity index is 2.30. The smallest absolute Gasteiger partial charge is 0.356 e. The van der Waals surface area contributed by atoms with Crippen LogP contribution >= 0.6 is 11.8 Å². The second-order valence-corrected chi connectivity index (χ2v) is 4.84. The fourth-order valence-corrected chi connectivity index (χ4v) is 2.10. The van der Waals surface area contributed by atoms with Crippen LogP contribution in [-0.2, 0) is 6.42 Å². The summed E-state index contributed by atoms with van der Waals surface area (Å²) < 4.78 is 0. The molecule has 0 saturated heterocycles. The van der Waals surface area contributed by atoms with E-state index >= 15 is 0 Å². The Morgan fingerprint density at radius 1 is 1.39 bits per heavy atom. The first kappa shape index (κ1) is 12.7. The van der Waals surface area contributed by atoms with Gasteiger partial charge in [-0.25, -0.2) is 9.78 Å². The third-order valence-electron chi connectivity index (χ3n) is 2.65. The minimum atomic E-state index is -0.992. The van der Waals surface area contributed by atoms with Crippen molar-refractivity contribution in [3.63, 3.8) is 0 Å². The zero-order chi connectivity index (χ0) is 13.1. The molecule has 4 nitrogen and oxygen atoms in total. The number of hydrogen-bond donors (Lipinski definition) is 2. The molecule has 2 rings (SSSR count). The lowest BCUT2D eigenvalue weighted by Gasteiger charge is -2.01. The molecule has 2 N–H and O–H groups in total. The molecule has 18 heavy (non-hydrogen) atoms. The lowest BCUT2D eigenvalue weighted by Crippen LogP contribution is -2.02. The van der Waals surface area contributed by atoms with E-state index in [1.807, 2.05) is 37.4 Å². The van der Waals surface area contributed by atoms with Crippen molar-refractivity contribution in [3.8, 4) is 0 Å². The number of imidazole rings is 1. The lowest BCUT2D eigenvalue weighted by atomic mass is 10.1. The van der Waals surface area contributed by atoms with Gasteiger partial charge in [0.05, 0.1) is 5.69 Å². The van der Waals surface area contributed by atoms with Crippen LogP contribution in [0.5, 0.6) is 0 Å². The molecular formula is C13H14N2O2S. The second kappa shape index (κ2) is 5.27. The number of aromatic nitrogens is 2. The van der Waals surface area contributed by atoms with Crippen LogP contribution < -0.4 is 0 Å². The number of hydrogen-bond acceptors (Lipinski definition) is 3. The minimum absolute atomic E-state index is 0.111. The number of carboxylic acid groups (broad SMARTS) is 1. The van der Waals surface area contributed by atoms with Gasteiger partial charge in [0.15, 0.2) is 10.9 Å². The van der Waals surface area contributed by atoms with Crippen LogP contribution in [0.15, 0.2) is 29.4 Å². The summed E-state index contributed by atoms with van der Waals surface area (Å²) in [6.45, 7) is 2.02. The molecule has 0 spiro atoms. The Bertz CT molecular complexity index is 561. The number of nitrogens with one attached hydrogen (secondary N) is 1. The van der Waals surface area contributed by atoms with Crippen molar-refractivity contribution in [1.82, 2.24) is 9.97 Å². The van der Waals surface area contributed by atoms with Gasteiger partial charge in [0.2, 0.25) is 0 Å². The van der Waals surface area contributed by atoms with E-state index in [0.717, 1.165) is 5.56 Å². The number of rotatable bonds is 4. The first-order valence-electron chi connectivity index (χ1n) is 5.52. The number of aryl methyl sites for hydroxylation is 1. The summed E-state index contributed by atoms with van der Waals surface area (Å²) >= 11 is 1.40. The van der Waals surface area contributed by atoms with Crippen LogP contribution in [0, 0.1) is 6.92 Å². The Morgan fingerprint density at radius 2 is 2.06 bits per heavy atom. The van der Waals surface area contributed by atoms with Crippen molar-refractivity contribution < 1.29 is 9.90 Å². The molecule has 0 saturated carbocycles. The number of thioether (sulfide) groups is 1. The molecule has 0 atom stereocenters. The molecule has 1 aromatic carbocycles. The molecule has 0 aliphatic rings. The third-order valence-corrected chi connectivity index (χ3v) is 3.23. The fraction of sp³-hybridized carbons (Fsp3) is 0.231. The number of H-pyrrole nitrogens is 1. The van der Waals surface area contributed by atoms with Crippen molar-refractivity contribution in [2.45, 2.75) is 18.5 Å². The highest BCUT2D eigenvalue weighted by Gasteiger charge is 2.16. The summed E-state index contributed by atoms with van der Waals surface area (Å²) in [5.74, 6) is -0.992. The van der Waals surface area contributed by atoms with E-state index in [0.29, 0.717) is 17.3 Å². The maximum Gasteiger partial charge on any atom is 0.356 e. The van der Waals surface area contributed by atoms with Gasteiger partial charge in [-0.3, -0.25) is 0 Å². The van der Waals surface area contributed by atoms with Crippen molar-refractivity contribution >= 4 is 17.7 Å². The van der Waals surface area contributed by atoms with Gasteiger partial charge in [-0.1, -0.05) is 41.6 Å². The summed E-state index contributed by atoms with van der Waals surface area (Å²) in [5.41, 5.74) is 3.02. The Hall–Kier alpha value is -1.75. The van der Waals surface area contributed by atoms with Gasteiger partial charge in [0.25, 0.3) is 0 Å². The van der Waals surface area contributed by atoms with Gasteiger partial charge in [-0.15, -0.1) is 0 Å².